The Kier molecular flexibility index (Phi) is 9.67. The van der Waals surface area contributed by atoms with E-state index >= 15 is 0 Å². The predicted octanol–water partition coefficient (Wildman–Crippen LogP) is 3.20. The van der Waals surface area contributed by atoms with Crippen molar-refractivity contribution in [1.29, 1.82) is 0 Å². The molecule has 7 heteroatoms. The van der Waals surface area contributed by atoms with Crippen LogP contribution in [0.5, 0.6) is 5.75 Å². The highest BCUT2D eigenvalue weighted by atomic mass is 35.5. The fraction of sp³-hybridized carbons (Fsp3) is 0.500. The van der Waals surface area contributed by atoms with Crippen molar-refractivity contribution in [3.05, 3.63) is 53.6 Å². The molecule has 2 rings (SSSR count). The number of hydrogen-bond acceptors (Lipinski definition) is 5. The number of hydrogen-bond donors (Lipinski definition) is 4. The van der Waals surface area contributed by atoms with Crippen LogP contribution in [0.15, 0.2) is 48.6 Å². The van der Waals surface area contributed by atoms with Gasteiger partial charge in [0, 0.05) is 23.8 Å². The number of carbonyl (C=O) groups is 1. The van der Waals surface area contributed by atoms with E-state index in [1.54, 1.807) is 36.4 Å². The highest BCUT2D eigenvalue weighted by Gasteiger charge is 2.39. The van der Waals surface area contributed by atoms with Crippen molar-refractivity contribution in [3.63, 3.8) is 0 Å². The number of unbranched alkanes of at least 4 members (excludes halogenated alkanes) is 1. The number of carboxylic acid groups (broad SMARTS) is 1. The second-order valence-corrected chi connectivity index (χ2v) is 7.76. The topological polar surface area (TPSA) is 107 Å². The molecular weight excluding hydrogens is 396 g/mol. The molecule has 1 aromatic carbocycles. The van der Waals surface area contributed by atoms with Gasteiger partial charge in [-0.05, 0) is 43.4 Å². The van der Waals surface area contributed by atoms with Gasteiger partial charge in [0.2, 0.25) is 0 Å². The highest BCUT2D eigenvalue weighted by molar-refractivity contribution is 6.30. The predicted molar refractivity (Wildman–Crippen MR) is 111 cm³/mol. The van der Waals surface area contributed by atoms with E-state index in [0.717, 1.165) is 0 Å². The smallest absolute Gasteiger partial charge is 0.303 e. The van der Waals surface area contributed by atoms with Crippen LogP contribution >= 0.6 is 11.6 Å². The number of allylic oxidation sites excluding steroid dienone is 2. The fourth-order valence-corrected chi connectivity index (χ4v) is 3.68. The lowest BCUT2D eigenvalue weighted by atomic mass is 9.89. The number of rotatable bonds is 11. The lowest BCUT2D eigenvalue weighted by Gasteiger charge is -2.19. The van der Waals surface area contributed by atoms with Crippen molar-refractivity contribution >= 4 is 17.6 Å². The third-order valence-electron chi connectivity index (χ3n) is 5.02. The quantitative estimate of drug-likeness (QED) is 0.321. The van der Waals surface area contributed by atoms with Crippen LogP contribution in [0.3, 0.4) is 0 Å². The van der Waals surface area contributed by atoms with E-state index in [1.165, 1.54) is 0 Å². The Bertz CT molecular complexity index is 704. The van der Waals surface area contributed by atoms with Crippen LogP contribution in [0.25, 0.3) is 0 Å². The second kappa shape index (κ2) is 12.0. The standard InChI is InChI=1S/C22H29ClO6/c23-15-6-5-7-17(12-15)29-14-16(24)10-11-19-18(20(25)13-21(19)26)8-3-1-2-4-9-22(27)28/h1,3,5-7,10-12,16,18-21,24-26H,2,4,8-9,13-14H2,(H,27,28)/b3-1+,11-10+/t16-,18?,19+,20?,21?/m0/s1. The van der Waals surface area contributed by atoms with Gasteiger partial charge in [-0.1, -0.05) is 42.0 Å². The van der Waals surface area contributed by atoms with Gasteiger partial charge < -0.3 is 25.2 Å². The zero-order valence-corrected chi connectivity index (χ0v) is 17.0. The molecule has 1 saturated carbocycles. The molecule has 1 fully saturated rings. The molecule has 5 atom stereocenters. The molecular formula is C22H29ClO6. The number of aliphatic hydroxyl groups is 3. The molecule has 0 radical (unpaired) electrons. The Balaban J connectivity index is 1.83. The molecule has 1 aliphatic rings. The van der Waals surface area contributed by atoms with Crippen LogP contribution in [0.4, 0.5) is 0 Å². The van der Waals surface area contributed by atoms with Crippen LogP contribution < -0.4 is 4.74 Å². The van der Waals surface area contributed by atoms with E-state index in [0.29, 0.717) is 36.5 Å². The molecule has 1 aliphatic carbocycles. The van der Waals surface area contributed by atoms with Gasteiger partial charge in [0.1, 0.15) is 18.5 Å². The third kappa shape index (κ3) is 8.19. The summed E-state index contributed by atoms with van der Waals surface area (Å²) in [7, 11) is 0. The molecule has 0 saturated heterocycles. The van der Waals surface area contributed by atoms with Crippen molar-refractivity contribution in [1.82, 2.24) is 0 Å². The molecule has 29 heavy (non-hydrogen) atoms. The lowest BCUT2D eigenvalue weighted by molar-refractivity contribution is -0.137. The van der Waals surface area contributed by atoms with E-state index < -0.39 is 24.3 Å². The molecule has 160 valence electrons. The van der Waals surface area contributed by atoms with Gasteiger partial charge in [-0.3, -0.25) is 4.79 Å². The monoisotopic (exact) mass is 424 g/mol. The number of carboxylic acids is 1. The Hall–Kier alpha value is -1.86. The Labute approximate surface area is 176 Å². The van der Waals surface area contributed by atoms with Crippen LogP contribution in [0, 0.1) is 11.8 Å². The van der Waals surface area contributed by atoms with E-state index in [1.807, 2.05) is 12.2 Å². The number of benzene rings is 1. The Morgan fingerprint density at radius 3 is 2.79 bits per heavy atom. The highest BCUT2D eigenvalue weighted by Crippen LogP contribution is 2.36. The first kappa shape index (κ1) is 23.4. The van der Waals surface area contributed by atoms with Crippen LogP contribution in [0.2, 0.25) is 5.02 Å². The maximum absolute atomic E-state index is 10.5. The minimum Gasteiger partial charge on any atom is -0.491 e. The molecule has 0 bridgehead atoms. The number of aliphatic carboxylic acids is 1. The summed E-state index contributed by atoms with van der Waals surface area (Å²) in [6, 6.07) is 6.90. The summed E-state index contributed by atoms with van der Waals surface area (Å²) in [6.45, 7) is 0.0519. The maximum Gasteiger partial charge on any atom is 0.303 e. The molecule has 6 nitrogen and oxygen atoms in total. The average molecular weight is 425 g/mol. The van der Waals surface area contributed by atoms with Crippen LogP contribution in [-0.2, 0) is 4.79 Å². The molecule has 0 aromatic heterocycles. The van der Waals surface area contributed by atoms with Crippen molar-refractivity contribution < 1.29 is 30.0 Å². The van der Waals surface area contributed by atoms with Gasteiger partial charge in [-0.2, -0.15) is 0 Å². The van der Waals surface area contributed by atoms with E-state index in [9.17, 15) is 20.1 Å². The summed E-state index contributed by atoms with van der Waals surface area (Å²) in [5, 5.41) is 39.8. The van der Waals surface area contributed by atoms with Gasteiger partial charge in [0.25, 0.3) is 0 Å². The summed E-state index contributed by atoms with van der Waals surface area (Å²) in [5.74, 6) is -0.671. The Morgan fingerprint density at radius 2 is 2.07 bits per heavy atom. The summed E-state index contributed by atoms with van der Waals surface area (Å²) in [4.78, 5) is 10.5. The summed E-state index contributed by atoms with van der Waals surface area (Å²) >= 11 is 5.90. The first-order valence-corrected chi connectivity index (χ1v) is 10.2. The summed E-state index contributed by atoms with van der Waals surface area (Å²) < 4.78 is 5.51. The second-order valence-electron chi connectivity index (χ2n) is 7.33. The Morgan fingerprint density at radius 1 is 1.28 bits per heavy atom. The molecule has 1 aromatic rings. The number of halogens is 1. The zero-order chi connectivity index (χ0) is 21.2. The molecule has 0 heterocycles. The van der Waals surface area contributed by atoms with Gasteiger partial charge >= 0.3 is 5.97 Å². The zero-order valence-electron chi connectivity index (χ0n) is 16.2. The van der Waals surface area contributed by atoms with E-state index in [2.05, 4.69) is 0 Å². The SMILES string of the molecule is O=C(O)CCC/C=C/CC1C(O)CC(O)[C@@H]1/C=C/[C@H](O)COc1cccc(Cl)c1. The lowest BCUT2D eigenvalue weighted by Crippen LogP contribution is -2.21. The largest absolute Gasteiger partial charge is 0.491 e. The fourth-order valence-electron chi connectivity index (χ4n) is 3.50. The first-order valence-electron chi connectivity index (χ1n) is 9.84. The minimum absolute atomic E-state index is 0.0519. The summed E-state index contributed by atoms with van der Waals surface area (Å²) in [6.07, 6.45) is 7.26. The first-order chi connectivity index (χ1) is 13.9. The van der Waals surface area contributed by atoms with Gasteiger partial charge in [0.05, 0.1) is 12.2 Å². The minimum atomic E-state index is -0.855. The normalized spacial score (nSPS) is 25.7. The number of ether oxygens (including phenoxy) is 1. The van der Waals surface area contributed by atoms with Gasteiger partial charge in [-0.25, -0.2) is 0 Å². The molecule has 3 unspecified atom stereocenters. The van der Waals surface area contributed by atoms with Crippen molar-refractivity contribution in [2.24, 2.45) is 11.8 Å². The molecule has 0 spiro atoms. The number of aliphatic hydroxyl groups excluding tert-OH is 3. The maximum atomic E-state index is 10.5. The molecule has 0 aliphatic heterocycles. The van der Waals surface area contributed by atoms with Crippen molar-refractivity contribution in [3.8, 4) is 5.75 Å². The molecule has 0 amide bonds. The van der Waals surface area contributed by atoms with Crippen LogP contribution in [-0.4, -0.2) is 51.3 Å². The van der Waals surface area contributed by atoms with E-state index in [4.69, 9.17) is 21.4 Å². The third-order valence-corrected chi connectivity index (χ3v) is 5.26. The van der Waals surface area contributed by atoms with Crippen molar-refractivity contribution in [2.75, 3.05) is 6.61 Å². The van der Waals surface area contributed by atoms with Crippen LogP contribution in [0.1, 0.15) is 32.1 Å². The van der Waals surface area contributed by atoms with Crippen molar-refractivity contribution in [2.45, 2.75) is 50.4 Å². The molecule has 4 N–H and O–H groups in total. The van der Waals surface area contributed by atoms with E-state index in [-0.39, 0.29) is 24.9 Å². The van der Waals surface area contributed by atoms with Gasteiger partial charge in [0.15, 0.2) is 0 Å². The van der Waals surface area contributed by atoms with Gasteiger partial charge in [-0.15, -0.1) is 0 Å². The average Bonchev–Trinajstić information content (AvgIpc) is 2.93. The summed E-state index contributed by atoms with van der Waals surface area (Å²) in [5.41, 5.74) is 0.